The number of benzene rings is 1. The molecule has 126 valence electrons. The Hall–Kier alpha value is -2.87. The number of carbonyl (C=O) groups is 2. The molecule has 0 aliphatic carbocycles. The van der Waals surface area contributed by atoms with Crippen LogP contribution in [0.1, 0.15) is 15.9 Å². The molecule has 8 heteroatoms. The highest BCUT2D eigenvalue weighted by Crippen LogP contribution is 2.27. The third kappa shape index (κ3) is 4.82. The van der Waals surface area contributed by atoms with E-state index in [9.17, 15) is 9.59 Å². The van der Waals surface area contributed by atoms with E-state index in [-0.39, 0.29) is 6.54 Å². The number of hydrogen-bond donors (Lipinski definition) is 2. The number of hydrogen-bond acceptors (Lipinski definition) is 6. The minimum absolute atomic E-state index is 0.186. The molecule has 2 N–H and O–H groups in total. The molecule has 0 bridgehead atoms. The van der Waals surface area contributed by atoms with Gasteiger partial charge in [0.25, 0.3) is 11.8 Å². The van der Waals surface area contributed by atoms with Crippen molar-refractivity contribution < 1.29 is 19.1 Å². The summed E-state index contributed by atoms with van der Waals surface area (Å²) >= 11 is 1.54. The lowest BCUT2D eigenvalue weighted by Crippen LogP contribution is -2.34. The van der Waals surface area contributed by atoms with Crippen molar-refractivity contribution >= 4 is 29.4 Å². The average Bonchev–Trinajstić information content (AvgIpc) is 3.12. The van der Waals surface area contributed by atoms with Crippen molar-refractivity contribution in [2.75, 3.05) is 20.8 Å². The van der Waals surface area contributed by atoms with E-state index in [0.717, 1.165) is 5.56 Å². The lowest BCUT2D eigenvalue weighted by Gasteiger charge is -2.09. The van der Waals surface area contributed by atoms with Gasteiger partial charge in [0.05, 0.1) is 27.0 Å². The lowest BCUT2D eigenvalue weighted by atomic mass is 10.2. The van der Waals surface area contributed by atoms with Crippen molar-refractivity contribution in [1.82, 2.24) is 10.7 Å². The first-order valence-corrected chi connectivity index (χ1v) is 7.92. The van der Waals surface area contributed by atoms with E-state index >= 15 is 0 Å². The highest BCUT2D eigenvalue weighted by Gasteiger charge is 2.11. The van der Waals surface area contributed by atoms with E-state index in [2.05, 4.69) is 15.8 Å². The summed E-state index contributed by atoms with van der Waals surface area (Å²) in [7, 11) is 3.00. The molecule has 1 heterocycles. The summed E-state index contributed by atoms with van der Waals surface area (Å²) in [4.78, 5) is 23.7. The second-order valence-corrected chi connectivity index (χ2v) is 5.38. The predicted octanol–water partition coefficient (Wildman–Crippen LogP) is 1.65. The molecule has 0 aliphatic rings. The first-order valence-electron chi connectivity index (χ1n) is 6.98. The molecule has 0 unspecified atom stereocenters. The van der Waals surface area contributed by atoms with Gasteiger partial charge in [-0.15, -0.1) is 0 Å². The Morgan fingerprint density at radius 1 is 1.21 bits per heavy atom. The standard InChI is InChI=1S/C16H17N3O4S/c1-22-13-4-3-12(7-14(13)23-2)16(21)17-9-15(20)19-18-8-11-5-6-24-10-11/h3-8,10H,9H2,1-2H3,(H,17,21)(H,19,20)/b18-8+. The molecule has 0 spiro atoms. The van der Waals surface area contributed by atoms with Gasteiger partial charge in [-0.2, -0.15) is 16.4 Å². The van der Waals surface area contributed by atoms with Crippen LogP contribution in [0.25, 0.3) is 0 Å². The second-order valence-electron chi connectivity index (χ2n) is 4.60. The SMILES string of the molecule is COc1ccc(C(=O)NCC(=O)N/N=C/c2ccsc2)cc1OC. The number of hydrazone groups is 1. The van der Waals surface area contributed by atoms with Crippen LogP contribution < -0.4 is 20.2 Å². The molecule has 0 radical (unpaired) electrons. The molecule has 0 atom stereocenters. The minimum Gasteiger partial charge on any atom is -0.493 e. The molecule has 0 saturated carbocycles. The highest BCUT2D eigenvalue weighted by atomic mass is 32.1. The zero-order valence-corrected chi connectivity index (χ0v) is 14.1. The fraction of sp³-hybridized carbons (Fsp3) is 0.188. The van der Waals surface area contributed by atoms with Crippen LogP contribution in [-0.4, -0.2) is 38.8 Å². The Morgan fingerprint density at radius 3 is 2.67 bits per heavy atom. The van der Waals surface area contributed by atoms with Crippen LogP contribution in [0.15, 0.2) is 40.1 Å². The largest absolute Gasteiger partial charge is 0.493 e. The first-order chi connectivity index (χ1) is 11.6. The number of thiophene rings is 1. The molecule has 0 aliphatic heterocycles. The van der Waals surface area contributed by atoms with Gasteiger partial charge in [0.15, 0.2) is 11.5 Å². The van der Waals surface area contributed by atoms with Crippen LogP contribution in [0.3, 0.4) is 0 Å². The summed E-state index contributed by atoms with van der Waals surface area (Å²) in [6.45, 7) is -0.186. The maximum atomic E-state index is 12.1. The van der Waals surface area contributed by atoms with Gasteiger partial charge in [-0.05, 0) is 35.0 Å². The summed E-state index contributed by atoms with van der Waals surface area (Å²) in [6.07, 6.45) is 1.53. The van der Waals surface area contributed by atoms with Gasteiger partial charge < -0.3 is 14.8 Å². The van der Waals surface area contributed by atoms with Gasteiger partial charge in [0.1, 0.15) is 0 Å². The van der Waals surface area contributed by atoms with Crippen LogP contribution in [0.4, 0.5) is 0 Å². The maximum Gasteiger partial charge on any atom is 0.259 e. The van der Waals surface area contributed by atoms with Gasteiger partial charge in [-0.1, -0.05) is 0 Å². The Balaban J connectivity index is 1.85. The van der Waals surface area contributed by atoms with Gasteiger partial charge in [-0.25, -0.2) is 5.43 Å². The third-order valence-corrected chi connectivity index (χ3v) is 3.70. The van der Waals surface area contributed by atoms with Crippen LogP contribution in [0.5, 0.6) is 11.5 Å². The van der Waals surface area contributed by atoms with Crippen molar-refractivity contribution in [1.29, 1.82) is 0 Å². The van der Waals surface area contributed by atoms with Crippen molar-refractivity contribution in [2.45, 2.75) is 0 Å². The Labute approximate surface area is 143 Å². The number of nitrogens with zero attached hydrogens (tertiary/aromatic N) is 1. The zero-order valence-electron chi connectivity index (χ0n) is 13.2. The number of amides is 2. The van der Waals surface area contributed by atoms with E-state index in [4.69, 9.17) is 9.47 Å². The zero-order chi connectivity index (χ0) is 17.4. The van der Waals surface area contributed by atoms with Crippen LogP contribution in [-0.2, 0) is 4.79 Å². The smallest absolute Gasteiger partial charge is 0.259 e. The number of rotatable bonds is 7. The van der Waals surface area contributed by atoms with Crippen molar-refractivity contribution in [3.8, 4) is 11.5 Å². The molecule has 7 nitrogen and oxygen atoms in total. The molecule has 1 aromatic heterocycles. The summed E-state index contributed by atoms with van der Waals surface area (Å²) in [6, 6.07) is 6.63. The molecule has 1 aromatic carbocycles. The van der Waals surface area contributed by atoms with Gasteiger partial charge in [0.2, 0.25) is 0 Å². The Morgan fingerprint density at radius 2 is 2.00 bits per heavy atom. The Kier molecular flexibility index (Phi) is 6.32. The van der Waals surface area contributed by atoms with E-state index in [0.29, 0.717) is 17.1 Å². The molecule has 24 heavy (non-hydrogen) atoms. The van der Waals surface area contributed by atoms with Crippen molar-refractivity contribution in [3.63, 3.8) is 0 Å². The van der Waals surface area contributed by atoms with E-state index in [1.807, 2.05) is 16.8 Å². The second kappa shape index (κ2) is 8.68. The predicted molar refractivity (Wildman–Crippen MR) is 91.9 cm³/mol. The average molecular weight is 347 g/mol. The number of ether oxygens (including phenoxy) is 2. The van der Waals surface area contributed by atoms with Gasteiger partial charge in [0, 0.05) is 11.1 Å². The highest BCUT2D eigenvalue weighted by molar-refractivity contribution is 7.08. The van der Waals surface area contributed by atoms with E-state index in [1.165, 1.54) is 31.8 Å². The summed E-state index contributed by atoms with van der Waals surface area (Å²) < 4.78 is 10.2. The van der Waals surface area contributed by atoms with Crippen LogP contribution >= 0.6 is 11.3 Å². The quantitative estimate of drug-likeness (QED) is 0.589. The molecular weight excluding hydrogens is 330 g/mol. The molecule has 0 saturated heterocycles. The maximum absolute atomic E-state index is 12.1. The lowest BCUT2D eigenvalue weighted by molar-refractivity contribution is -0.120. The van der Waals surface area contributed by atoms with Crippen LogP contribution in [0, 0.1) is 0 Å². The van der Waals surface area contributed by atoms with Gasteiger partial charge >= 0.3 is 0 Å². The monoisotopic (exact) mass is 347 g/mol. The summed E-state index contributed by atoms with van der Waals surface area (Å²) in [5.41, 5.74) is 3.61. The molecule has 2 rings (SSSR count). The molecule has 2 aromatic rings. The third-order valence-electron chi connectivity index (χ3n) is 3.00. The van der Waals surface area contributed by atoms with Gasteiger partial charge in [-0.3, -0.25) is 9.59 Å². The summed E-state index contributed by atoms with van der Waals surface area (Å²) in [5, 5.41) is 10.1. The first kappa shape index (κ1) is 17.5. The van der Waals surface area contributed by atoms with Crippen molar-refractivity contribution in [3.05, 3.63) is 46.2 Å². The molecular formula is C16H17N3O4S. The normalized spacial score (nSPS) is 10.4. The van der Waals surface area contributed by atoms with Crippen LogP contribution in [0.2, 0.25) is 0 Å². The fourth-order valence-corrected chi connectivity index (χ4v) is 2.42. The number of methoxy groups -OCH3 is 2. The van der Waals surface area contributed by atoms with Crippen molar-refractivity contribution in [2.24, 2.45) is 5.10 Å². The Bertz CT molecular complexity index is 729. The topological polar surface area (TPSA) is 89.0 Å². The fourth-order valence-electron chi connectivity index (χ4n) is 1.81. The van der Waals surface area contributed by atoms with E-state index < -0.39 is 11.8 Å². The van der Waals surface area contributed by atoms with E-state index in [1.54, 1.807) is 18.2 Å². The summed E-state index contributed by atoms with van der Waals surface area (Å²) in [5.74, 6) is 0.146. The molecule has 2 amide bonds. The number of carbonyl (C=O) groups excluding carboxylic acids is 2. The minimum atomic E-state index is -0.421. The number of nitrogens with one attached hydrogen (secondary N) is 2. The molecule has 0 fully saturated rings.